The lowest BCUT2D eigenvalue weighted by atomic mass is 9.68. The van der Waals surface area contributed by atoms with Crippen LogP contribution in [0, 0.1) is 29.6 Å². The van der Waals surface area contributed by atoms with Crippen LogP contribution in [0.4, 0.5) is 5.69 Å². The third kappa shape index (κ3) is 5.02. The molecule has 7 atom stereocenters. The number of amides is 3. The van der Waals surface area contributed by atoms with Crippen molar-refractivity contribution < 1.29 is 28.7 Å². The number of piperidine rings is 1. The number of thioether (sulfide) groups is 1. The maximum atomic E-state index is 14.1. The molecular weight excluding hydrogens is 639 g/mol. The minimum Gasteiger partial charge on any atom is -0.484 e. The zero-order valence-electron chi connectivity index (χ0n) is 25.9. The minimum absolute atomic E-state index is 0.000961. The molecular formula is C35H35N3O7S2. The van der Waals surface area contributed by atoms with Crippen LogP contribution < -0.4 is 14.5 Å². The molecule has 3 aromatic rings. The molecule has 1 aromatic heterocycles. The van der Waals surface area contributed by atoms with Crippen LogP contribution in [-0.4, -0.2) is 65.1 Å². The lowest BCUT2D eigenvalue weighted by molar-refractivity contribution is -0.134. The second kappa shape index (κ2) is 12.0. The first kappa shape index (κ1) is 30.4. The number of rotatable bonds is 7. The predicted molar refractivity (Wildman–Crippen MR) is 176 cm³/mol. The van der Waals surface area contributed by atoms with Crippen LogP contribution in [0.5, 0.6) is 5.75 Å². The Labute approximate surface area is 279 Å². The number of esters is 1. The molecule has 2 bridgehead atoms. The summed E-state index contributed by atoms with van der Waals surface area (Å²) in [6.07, 6.45) is 4.01. The summed E-state index contributed by atoms with van der Waals surface area (Å²) in [5, 5.41) is 0.927. The van der Waals surface area contributed by atoms with Gasteiger partial charge in [0, 0.05) is 29.1 Å². The summed E-state index contributed by atoms with van der Waals surface area (Å²) in [5.74, 6) is -1.10. The first-order valence-electron chi connectivity index (χ1n) is 16.4. The smallest absolute Gasteiger partial charge is 0.338 e. The van der Waals surface area contributed by atoms with Crippen molar-refractivity contribution in [3.63, 3.8) is 0 Å². The van der Waals surface area contributed by atoms with Gasteiger partial charge in [0.2, 0.25) is 11.8 Å². The van der Waals surface area contributed by atoms with E-state index in [1.165, 1.54) is 16.2 Å². The molecule has 12 heteroatoms. The van der Waals surface area contributed by atoms with Crippen molar-refractivity contribution >= 4 is 52.5 Å². The summed E-state index contributed by atoms with van der Waals surface area (Å²) in [7, 11) is 0. The largest absolute Gasteiger partial charge is 0.484 e. The number of thiazole rings is 1. The van der Waals surface area contributed by atoms with Crippen LogP contribution in [-0.2, 0) is 19.1 Å². The van der Waals surface area contributed by atoms with Gasteiger partial charge in [0.1, 0.15) is 5.75 Å². The highest BCUT2D eigenvalue weighted by molar-refractivity contribution is 8.00. The molecule has 0 spiro atoms. The standard InChI is InChI=1S/C35H35N3O7S2/c1-2-44-34(42)19-6-10-20(11-7-19)38-32(40)27-22-16-23(28(27)33(38)41)29-26(22)25(30-31(46-29)36-35(43)47-30)18-8-12-21(13-9-18)45-17-24(39)37-14-4-3-5-15-37/h6-13,22-23,25-29H,2-5,14-17H2,1H3,(H,36,43)/t22-,23-,25+,26-,27+,28+,29-/m1/s1. The van der Waals surface area contributed by atoms with Crippen LogP contribution in [0.15, 0.2) is 58.4 Å². The highest BCUT2D eigenvalue weighted by atomic mass is 32.2. The van der Waals surface area contributed by atoms with E-state index in [-0.39, 0.29) is 64.7 Å². The lowest BCUT2D eigenvalue weighted by Crippen LogP contribution is -2.42. The number of carbonyl (C=O) groups excluding carboxylic acids is 4. The summed E-state index contributed by atoms with van der Waals surface area (Å²) in [4.78, 5) is 72.5. The van der Waals surface area contributed by atoms with Crippen molar-refractivity contribution in [1.82, 2.24) is 9.88 Å². The summed E-state index contributed by atoms with van der Waals surface area (Å²) >= 11 is 2.87. The number of fused-ring (bicyclic) bond motifs is 9. The van der Waals surface area contributed by atoms with Crippen molar-refractivity contribution in [1.29, 1.82) is 0 Å². The average Bonchev–Trinajstić information content (AvgIpc) is 3.83. The molecule has 3 amide bonds. The number of nitrogens with zero attached hydrogens (tertiary/aromatic N) is 2. The Bertz CT molecular complexity index is 1800. The van der Waals surface area contributed by atoms with E-state index in [1.807, 2.05) is 29.2 Å². The van der Waals surface area contributed by atoms with Crippen LogP contribution in [0.2, 0.25) is 0 Å². The van der Waals surface area contributed by atoms with Gasteiger partial charge >= 0.3 is 10.8 Å². The Morgan fingerprint density at radius 2 is 1.62 bits per heavy atom. The Hall–Kier alpha value is -3.90. The van der Waals surface area contributed by atoms with E-state index in [4.69, 9.17) is 9.47 Å². The zero-order chi connectivity index (χ0) is 32.4. The number of carbonyl (C=O) groups is 4. The molecule has 0 unspecified atom stereocenters. The second-order valence-corrected chi connectivity index (χ2v) is 15.2. The Morgan fingerprint density at radius 3 is 2.32 bits per heavy atom. The number of ether oxygens (including phenoxy) is 2. The van der Waals surface area contributed by atoms with Gasteiger partial charge in [-0.15, -0.1) is 11.8 Å². The first-order valence-corrected chi connectivity index (χ1v) is 18.1. The van der Waals surface area contributed by atoms with Crippen molar-refractivity contribution in [3.8, 4) is 5.75 Å². The number of H-pyrrole nitrogens is 1. The molecule has 2 saturated carbocycles. The monoisotopic (exact) mass is 673 g/mol. The second-order valence-electron chi connectivity index (χ2n) is 13.0. The molecule has 1 N–H and O–H groups in total. The number of hydrogen-bond acceptors (Lipinski definition) is 9. The fourth-order valence-electron chi connectivity index (χ4n) is 8.76. The Balaban J connectivity index is 1.05. The van der Waals surface area contributed by atoms with Gasteiger partial charge in [0.25, 0.3) is 5.91 Å². The normalized spacial score (nSPS) is 29.0. The number of nitrogens with one attached hydrogen (secondary N) is 1. The third-order valence-corrected chi connectivity index (χ3v) is 13.3. The number of hydrogen-bond donors (Lipinski definition) is 1. The summed E-state index contributed by atoms with van der Waals surface area (Å²) in [5.41, 5.74) is 1.86. The number of likely N-dealkylation sites (tertiary alicyclic amines) is 1. The molecule has 2 aromatic carbocycles. The molecule has 4 fully saturated rings. The maximum Gasteiger partial charge on any atom is 0.338 e. The van der Waals surface area contributed by atoms with Gasteiger partial charge in [-0.2, -0.15) is 0 Å². The fraction of sp³-hybridized carbons (Fsp3) is 0.457. The zero-order valence-corrected chi connectivity index (χ0v) is 27.5. The number of anilines is 1. The molecule has 244 valence electrons. The van der Waals surface area contributed by atoms with E-state index < -0.39 is 17.8 Å². The highest BCUT2D eigenvalue weighted by Crippen LogP contribution is 2.68. The van der Waals surface area contributed by atoms with Gasteiger partial charge in [0.15, 0.2) is 6.61 Å². The summed E-state index contributed by atoms with van der Waals surface area (Å²) in [6, 6.07) is 14.2. The molecule has 2 saturated heterocycles. The molecule has 3 aliphatic heterocycles. The number of aromatic nitrogens is 1. The van der Waals surface area contributed by atoms with E-state index in [0.717, 1.165) is 54.2 Å². The molecule has 47 heavy (non-hydrogen) atoms. The van der Waals surface area contributed by atoms with Crippen LogP contribution >= 0.6 is 23.1 Å². The van der Waals surface area contributed by atoms with Gasteiger partial charge in [-0.1, -0.05) is 23.5 Å². The Morgan fingerprint density at radius 1 is 0.915 bits per heavy atom. The average molecular weight is 674 g/mol. The molecule has 10 nitrogen and oxygen atoms in total. The fourth-order valence-corrected chi connectivity index (χ4v) is 11.6. The first-order chi connectivity index (χ1) is 22.8. The van der Waals surface area contributed by atoms with Crippen LogP contribution in [0.1, 0.15) is 59.3 Å². The quantitative estimate of drug-likeness (QED) is 0.283. The predicted octanol–water partition coefficient (Wildman–Crippen LogP) is 4.68. The van der Waals surface area contributed by atoms with Crippen molar-refractivity contribution in [2.45, 2.75) is 48.8 Å². The lowest BCUT2D eigenvalue weighted by Gasteiger charge is -2.43. The minimum atomic E-state index is -0.448. The third-order valence-electron chi connectivity index (χ3n) is 10.7. The highest BCUT2D eigenvalue weighted by Gasteiger charge is 2.69. The van der Waals surface area contributed by atoms with Gasteiger partial charge < -0.3 is 19.4 Å². The SMILES string of the molecule is CCOC(=O)c1ccc(N2C(=O)[C@H]3[C@H]4C[C@@H]([C@@H]3C2=O)[C@@H]2[C@H](c3ccc(OCC(=O)N5CCCCC5)cc3)c3sc(=O)[nH]c3S[C@H]42)cc1. The molecule has 0 radical (unpaired) electrons. The summed E-state index contributed by atoms with van der Waals surface area (Å²) < 4.78 is 11.0. The topological polar surface area (TPSA) is 126 Å². The van der Waals surface area contributed by atoms with Gasteiger partial charge in [-0.25, -0.2) is 4.79 Å². The molecule has 8 rings (SSSR count). The molecule has 4 heterocycles. The van der Waals surface area contributed by atoms with E-state index in [2.05, 4.69) is 4.98 Å². The van der Waals surface area contributed by atoms with Crippen molar-refractivity contribution in [3.05, 3.63) is 74.2 Å². The van der Waals surface area contributed by atoms with Crippen LogP contribution in [0.25, 0.3) is 0 Å². The van der Waals surface area contributed by atoms with Gasteiger partial charge in [0.05, 0.1) is 34.7 Å². The van der Waals surface area contributed by atoms with Crippen molar-refractivity contribution in [2.24, 2.45) is 29.6 Å². The van der Waals surface area contributed by atoms with E-state index in [0.29, 0.717) is 17.0 Å². The number of benzene rings is 2. The number of aromatic amines is 1. The Kier molecular flexibility index (Phi) is 7.75. The summed E-state index contributed by atoms with van der Waals surface area (Å²) in [6.45, 7) is 3.56. The number of imide groups is 1. The maximum absolute atomic E-state index is 14.1. The van der Waals surface area contributed by atoms with E-state index in [9.17, 15) is 24.0 Å². The van der Waals surface area contributed by atoms with E-state index in [1.54, 1.807) is 43.0 Å². The molecule has 2 aliphatic carbocycles. The van der Waals surface area contributed by atoms with Gasteiger partial charge in [-0.05, 0) is 92.3 Å². The van der Waals surface area contributed by atoms with E-state index >= 15 is 0 Å². The van der Waals surface area contributed by atoms with Crippen molar-refractivity contribution in [2.75, 3.05) is 31.2 Å². The van der Waals surface area contributed by atoms with Crippen LogP contribution in [0.3, 0.4) is 0 Å². The van der Waals surface area contributed by atoms with Gasteiger partial charge in [-0.3, -0.25) is 24.1 Å². The molecule has 5 aliphatic rings.